The SMILES string of the molecule is O=C(Nc1ccc(CN2CCc3ccccc32)cc1)c1cc[nH]c1. The molecule has 1 aliphatic rings. The maximum absolute atomic E-state index is 12.0. The molecule has 0 saturated heterocycles. The lowest BCUT2D eigenvalue weighted by Gasteiger charge is -2.19. The fraction of sp³-hybridized carbons (Fsp3) is 0.150. The molecule has 4 nitrogen and oxygen atoms in total. The van der Waals surface area contributed by atoms with Gasteiger partial charge in [-0.05, 0) is 41.8 Å². The Balaban J connectivity index is 1.42. The monoisotopic (exact) mass is 317 g/mol. The van der Waals surface area contributed by atoms with E-state index in [0.29, 0.717) is 5.56 Å². The van der Waals surface area contributed by atoms with Crippen LogP contribution < -0.4 is 10.2 Å². The molecule has 1 aromatic heterocycles. The molecule has 120 valence electrons. The Kier molecular flexibility index (Phi) is 3.79. The number of hydrogen-bond donors (Lipinski definition) is 2. The number of rotatable bonds is 4. The smallest absolute Gasteiger partial charge is 0.257 e. The molecule has 0 unspecified atom stereocenters. The van der Waals surface area contributed by atoms with E-state index in [0.717, 1.165) is 25.2 Å². The Morgan fingerprint density at radius 1 is 1.08 bits per heavy atom. The van der Waals surface area contributed by atoms with Crippen LogP contribution in [0.3, 0.4) is 0 Å². The van der Waals surface area contributed by atoms with Crippen molar-refractivity contribution in [2.24, 2.45) is 0 Å². The van der Waals surface area contributed by atoms with Crippen molar-refractivity contribution in [3.8, 4) is 0 Å². The Morgan fingerprint density at radius 3 is 2.71 bits per heavy atom. The van der Waals surface area contributed by atoms with E-state index < -0.39 is 0 Å². The normalized spacial score (nSPS) is 12.9. The Labute approximate surface area is 141 Å². The van der Waals surface area contributed by atoms with Crippen molar-refractivity contribution in [3.63, 3.8) is 0 Å². The molecular formula is C20H19N3O. The first-order valence-electron chi connectivity index (χ1n) is 8.15. The average Bonchev–Trinajstić information content (AvgIpc) is 3.27. The summed E-state index contributed by atoms with van der Waals surface area (Å²) in [5.41, 5.74) is 5.45. The van der Waals surface area contributed by atoms with Crippen LogP contribution in [0.4, 0.5) is 11.4 Å². The van der Waals surface area contributed by atoms with E-state index in [1.54, 1.807) is 18.5 Å². The van der Waals surface area contributed by atoms with E-state index in [2.05, 4.69) is 51.6 Å². The molecule has 0 fully saturated rings. The largest absolute Gasteiger partial charge is 0.367 e. The number of carbonyl (C=O) groups excluding carboxylic acids is 1. The predicted molar refractivity (Wildman–Crippen MR) is 96.4 cm³/mol. The van der Waals surface area contributed by atoms with E-state index in [-0.39, 0.29) is 5.91 Å². The van der Waals surface area contributed by atoms with Crippen LogP contribution >= 0.6 is 0 Å². The standard InChI is InChI=1S/C20H19N3O/c24-20(17-9-11-21-13-17)22-18-7-5-15(6-8-18)14-23-12-10-16-3-1-2-4-19(16)23/h1-9,11,13,21H,10,12,14H2,(H,22,24). The number of carbonyl (C=O) groups is 1. The molecule has 0 saturated carbocycles. The zero-order chi connectivity index (χ0) is 16.4. The topological polar surface area (TPSA) is 48.1 Å². The Morgan fingerprint density at radius 2 is 1.92 bits per heavy atom. The summed E-state index contributed by atoms with van der Waals surface area (Å²) < 4.78 is 0. The zero-order valence-electron chi connectivity index (χ0n) is 13.3. The summed E-state index contributed by atoms with van der Waals surface area (Å²) in [7, 11) is 0. The first kappa shape index (κ1) is 14.6. The van der Waals surface area contributed by atoms with Gasteiger partial charge in [-0.2, -0.15) is 0 Å². The number of amides is 1. The lowest BCUT2D eigenvalue weighted by atomic mass is 10.1. The summed E-state index contributed by atoms with van der Waals surface area (Å²) in [5.74, 6) is -0.0996. The number of hydrogen-bond acceptors (Lipinski definition) is 2. The van der Waals surface area contributed by atoms with E-state index in [1.807, 2.05) is 12.1 Å². The molecule has 0 aliphatic carbocycles. The van der Waals surface area contributed by atoms with Crippen LogP contribution in [-0.4, -0.2) is 17.4 Å². The van der Waals surface area contributed by atoms with Gasteiger partial charge in [-0.1, -0.05) is 30.3 Å². The summed E-state index contributed by atoms with van der Waals surface area (Å²) >= 11 is 0. The second-order valence-electron chi connectivity index (χ2n) is 6.05. The molecule has 0 atom stereocenters. The molecule has 4 rings (SSSR count). The molecule has 2 heterocycles. The molecule has 1 amide bonds. The number of H-pyrrole nitrogens is 1. The second kappa shape index (κ2) is 6.24. The van der Waals surface area contributed by atoms with Gasteiger partial charge in [0.2, 0.25) is 0 Å². The lowest BCUT2D eigenvalue weighted by molar-refractivity contribution is 0.102. The van der Waals surface area contributed by atoms with Gasteiger partial charge in [0.05, 0.1) is 5.56 Å². The first-order chi connectivity index (χ1) is 11.8. The first-order valence-corrected chi connectivity index (χ1v) is 8.15. The summed E-state index contributed by atoms with van der Waals surface area (Å²) in [4.78, 5) is 17.3. The molecule has 1 aliphatic heterocycles. The van der Waals surface area contributed by atoms with Crippen LogP contribution in [-0.2, 0) is 13.0 Å². The van der Waals surface area contributed by atoms with Gasteiger partial charge in [-0.3, -0.25) is 4.79 Å². The van der Waals surface area contributed by atoms with Crippen LogP contribution in [0.25, 0.3) is 0 Å². The number of aromatic nitrogens is 1. The lowest BCUT2D eigenvalue weighted by Crippen LogP contribution is -2.19. The van der Waals surface area contributed by atoms with Crippen LogP contribution in [0.5, 0.6) is 0 Å². The number of nitrogens with one attached hydrogen (secondary N) is 2. The number of fused-ring (bicyclic) bond motifs is 1. The number of aromatic amines is 1. The molecule has 24 heavy (non-hydrogen) atoms. The quantitative estimate of drug-likeness (QED) is 0.768. The van der Waals surface area contributed by atoms with Gasteiger partial charge in [0, 0.05) is 36.9 Å². The van der Waals surface area contributed by atoms with Gasteiger partial charge in [-0.15, -0.1) is 0 Å². The zero-order valence-corrected chi connectivity index (χ0v) is 13.3. The van der Waals surface area contributed by atoms with Gasteiger partial charge in [0.1, 0.15) is 0 Å². The van der Waals surface area contributed by atoms with E-state index in [4.69, 9.17) is 0 Å². The molecular weight excluding hydrogens is 298 g/mol. The summed E-state index contributed by atoms with van der Waals surface area (Å²) in [6, 6.07) is 18.4. The summed E-state index contributed by atoms with van der Waals surface area (Å²) in [6.45, 7) is 1.95. The number of nitrogens with zero attached hydrogens (tertiary/aromatic N) is 1. The Bertz CT molecular complexity index is 838. The van der Waals surface area contributed by atoms with Crippen LogP contribution in [0.2, 0.25) is 0 Å². The van der Waals surface area contributed by atoms with Gasteiger partial charge in [0.15, 0.2) is 0 Å². The highest BCUT2D eigenvalue weighted by molar-refractivity contribution is 6.04. The maximum atomic E-state index is 12.0. The third kappa shape index (κ3) is 2.91. The minimum atomic E-state index is -0.0996. The predicted octanol–water partition coefficient (Wildman–Crippen LogP) is 3.83. The van der Waals surface area contributed by atoms with Crippen LogP contribution in [0.15, 0.2) is 67.0 Å². The van der Waals surface area contributed by atoms with Crippen molar-refractivity contribution in [3.05, 3.63) is 83.7 Å². The fourth-order valence-electron chi connectivity index (χ4n) is 3.15. The summed E-state index contributed by atoms with van der Waals surface area (Å²) in [6.07, 6.45) is 4.54. The minimum Gasteiger partial charge on any atom is -0.367 e. The molecule has 3 aromatic rings. The van der Waals surface area contributed by atoms with Gasteiger partial charge in [0.25, 0.3) is 5.91 Å². The third-order valence-electron chi connectivity index (χ3n) is 4.43. The fourth-order valence-corrected chi connectivity index (χ4v) is 3.15. The molecule has 0 spiro atoms. The average molecular weight is 317 g/mol. The van der Waals surface area contributed by atoms with Crippen LogP contribution in [0, 0.1) is 0 Å². The van der Waals surface area contributed by atoms with Crippen molar-refractivity contribution in [2.75, 3.05) is 16.8 Å². The highest BCUT2D eigenvalue weighted by Crippen LogP contribution is 2.28. The molecule has 2 N–H and O–H groups in total. The van der Waals surface area contributed by atoms with Gasteiger partial charge >= 0.3 is 0 Å². The van der Waals surface area contributed by atoms with E-state index in [9.17, 15) is 4.79 Å². The molecule has 0 radical (unpaired) electrons. The highest BCUT2D eigenvalue weighted by Gasteiger charge is 2.18. The van der Waals surface area contributed by atoms with E-state index in [1.165, 1.54) is 16.8 Å². The number of anilines is 2. The van der Waals surface area contributed by atoms with E-state index >= 15 is 0 Å². The molecule has 2 aromatic carbocycles. The Hall–Kier alpha value is -3.01. The van der Waals surface area contributed by atoms with Gasteiger partial charge in [-0.25, -0.2) is 0 Å². The van der Waals surface area contributed by atoms with Gasteiger partial charge < -0.3 is 15.2 Å². The van der Waals surface area contributed by atoms with Crippen molar-refractivity contribution < 1.29 is 4.79 Å². The van der Waals surface area contributed by atoms with Crippen molar-refractivity contribution >= 4 is 17.3 Å². The number of benzene rings is 2. The van der Waals surface area contributed by atoms with Crippen molar-refractivity contribution in [1.82, 2.24) is 4.98 Å². The minimum absolute atomic E-state index is 0.0996. The van der Waals surface area contributed by atoms with Crippen LogP contribution in [0.1, 0.15) is 21.5 Å². The molecule has 0 bridgehead atoms. The van der Waals surface area contributed by atoms with Crippen molar-refractivity contribution in [2.45, 2.75) is 13.0 Å². The third-order valence-corrected chi connectivity index (χ3v) is 4.43. The second-order valence-corrected chi connectivity index (χ2v) is 6.05. The summed E-state index contributed by atoms with van der Waals surface area (Å²) in [5, 5.41) is 2.91. The highest BCUT2D eigenvalue weighted by atomic mass is 16.1. The number of para-hydroxylation sites is 1. The van der Waals surface area contributed by atoms with Crippen molar-refractivity contribution in [1.29, 1.82) is 0 Å². The maximum Gasteiger partial charge on any atom is 0.257 e. The molecule has 4 heteroatoms.